The quantitative estimate of drug-likeness (QED) is 0.676. The molecule has 0 aromatic heterocycles. The molecular weight excluding hydrogens is 188 g/mol. The highest BCUT2D eigenvalue weighted by Crippen LogP contribution is 2.08. The van der Waals surface area contributed by atoms with E-state index in [0.717, 1.165) is 39.2 Å². The van der Waals surface area contributed by atoms with E-state index < -0.39 is 0 Å². The molecule has 1 saturated heterocycles. The van der Waals surface area contributed by atoms with Crippen LogP contribution in [0, 0.1) is 12.3 Å². The number of morpholine rings is 1. The highest BCUT2D eigenvalue weighted by molar-refractivity contribution is 5.04. The topological polar surface area (TPSA) is 24.5 Å². The second-order valence-electron chi connectivity index (χ2n) is 3.90. The number of nitrogens with one attached hydrogen (secondary N) is 1. The summed E-state index contributed by atoms with van der Waals surface area (Å²) in [7, 11) is 0. The molecule has 0 aliphatic carbocycles. The average Bonchev–Trinajstić information content (AvgIpc) is 2.30. The first kappa shape index (κ1) is 12.5. The summed E-state index contributed by atoms with van der Waals surface area (Å²) in [5, 5.41) is 3.35. The minimum absolute atomic E-state index is 0.0549. The van der Waals surface area contributed by atoms with Crippen molar-refractivity contribution in [1.82, 2.24) is 10.2 Å². The van der Waals surface area contributed by atoms with Crippen molar-refractivity contribution < 1.29 is 4.74 Å². The second-order valence-corrected chi connectivity index (χ2v) is 3.90. The summed E-state index contributed by atoms with van der Waals surface area (Å²) >= 11 is 0. The molecule has 0 aromatic rings. The summed E-state index contributed by atoms with van der Waals surface area (Å²) in [6, 6.07) is 0.0549. The minimum Gasteiger partial charge on any atom is -0.373 e. The van der Waals surface area contributed by atoms with Gasteiger partial charge in [-0.2, -0.15) is 0 Å². The van der Waals surface area contributed by atoms with E-state index in [0.29, 0.717) is 0 Å². The Morgan fingerprint density at radius 2 is 2.40 bits per heavy atom. The van der Waals surface area contributed by atoms with E-state index in [2.05, 4.69) is 30.0 Å². The molecule has 1 aliphatic rings. The standard InChI is InChI=1S/C12H22N2O/c1-4-7-13-11(5-2)12-10-14(6-3)8-9-15-12/h2,11-13H,4,6-10H2,1,3H3. The first-order chi connectivity index (χ1) is 7.31. The van der Waals surface area contributed by atoms with E-state index >= 15 is 0 Å². The van der Waals surface area contributed by atoms with Crippen molar-refractivity contribution in [3.05, 3.63) is 0 Å². The Morgan fingerprint density at radius 1 is 1.60 bits per heavy atom. The zero-order valence-electron chi connectivity index (χ0n) is 9.83. The van der Waals surface area contributed by atoms with Gasteiger partial charge in [0.1, 0.15) is 0 Å². The van der Waals surface area contributed by atoms with Crippen LogP contribution in [-0.2, 0) is 4.74 Å². The molecule has 0 saturated carbocycles. The Hall–Kier alpha value is -0.560. The van der Waals surface area contributed by atoms with Crippen molar-refractivity contribution in [2.45, 2.75) is 32.4 Å². The molecule has 86 valence electrons. The van der Waals surface area contributed by atoms with Crippen LogP contribution in [0.3, 0.4) is 0 Å². The van der Waals surface area contributed by atoms with E-state index in [4.69, 9.17) is 11.2 Å². The number of nitrogens with zero attached hydrogens (tertiary/aromatic N) is 1. The van der Waals surface area contributed by atoms with Gasteiger partial charge in [-0.05, 0) is 19.5 Å². The largest absolute Gasteiger partial charge is 0.373 e. The van der Waals surface area contributed by atoms with Crippen LogP contribution in [0.4, 0.5) is 0 Å². The second kappa shape index (κ2) is 6.84. The first-order valence-corrected chi connectivity index (χ1v) is 5.85. The summed E-state index contributed by atoms with van der Waals surface area (Å²) in [4.78, 5) is 2.38. The fourth-order valence-electron chi connectivity index (χ4n) is 1.82. The molecule has 1 heterocycles. The molecule has 0 amide bonds. The van der Waals surface area contributed by atoms with Crippen molar-refractivity contribution in [2.24, 2.45) is 0 Å². The van der Waals surface area contributed by atoms with Gasteiger partial charge >= 0.3 is 0 Å². The van der Waals surface area contributed by atoms with Crippen molar-refractivity contribution >= 4 is 0 Å². The number of terminal acetylenes is 1. The SMILES string of the molecule is C#CC(NCCC)C1CN(CC)CCO1. The number of likely N-dealkylation sites (N-methyl/N-ethyl adjacent to an activating group) is 1. The summed E-state index contributed by atoms with van der Waals surface area (Å²) in [5.41, 5.74) is 0. The smallest absolute Gasteiger partial charge is 0.0967 e. The Kier molecular flexibility index (Phi) is 5.70. The summed E-state index contributed by atoms with van der Waals surface area (Å²) in [6.45, 7) is 9.11. The molecule has 1 N–H and O–H groups in total. The number of hydrogen-bond acceptors (Lipinski definition) is 3. The van der Waals surface area contributed by atoms with Crippen LogP contribution >= 0.6 is 0 Å². The van der Waals surface area contributed by atoms with Crippen molar-refractivity contribution in [3.8, 4) is 12.3 Å². The van der Waals surface area contributed by atoms with E-state index in [1.54, 1.807) is 0 Å². The molecule has 0 spiro atoms. The van der Waals surface area contributed by atoms with Crippen LogP contribution in [-0.4, -0.2) is 49.8 Å². The zero-order valence-corrected chi connectivity index (χ0v) is 9.83. The van der Waals surface area contributed by atoms with Crippen molar-refractivity contribution in [2.75, 3.05) is 32.8 Å². The lowest BCUT2D eigenvalue weighted by Gasteiger charge is -2.35. The summed E-state index contributed by atoms with van der Waals surface area (Å²) in [5.74, 6) is 2.79. The van der Waals surface area contributed by atoms with Gasteiger partial charge in [-0.25, -0.2) is 0 Å². The van der Waals surface area contributed by atoms with Crippen molar-refractivity contribution in [1.29, 1.82) is 0 Å². The number of hydrogen-bond donors (Lipinski definition) is 1. The Labute approximate surface area is 93.2 Å². The Bertz CT molecular complexity index is 212. The molecule has 0 radical (unpaired) electrons. The third kappa shape index (κ3) is 3.83. The van der Waals surface area contributed by atoms with Crippen LogP contribution in [0.1, 0.15) is 20.3 Å². The zero-order chi connectivity index (χ0) is 11.1. The molecule has 3 nitrogen and oxygen atoms in total. The monoisotopic (exact) mass is 210 g/mol. The average molecular weight is 210 g/mol. The van der Waals surface area contributed by atoms with E-state index in [9.17, 15) is 0 Å². The van der Waals surface area contributed by atoms with Gasteiger partial charge in [0.25, 0.3) is 0 Å². The van der Waals surface area contributed by atoms with Crippen LogP contribution in [0.15, 0.2) is 0 Å². The molecule has 3 heteroatoms. The van der Waals surface area contributed by atoms with Gasteiger partial charge in [-0.3, -0.25) is 4.90 Å². The maximum absolute atomic E-state index is 5.71. The molecule has 0 bridgehead atoms. The van der Waals surface area contributed by atoms with Gasteiger partial charge in [-0.15, -0.1) is 6.42 Å². The fourth-order valence-corrected chi connectivity index (χ4v) is 1.82. The fraction of sp³-hybridized carbons (Fsp3) is 0.833. The first-order valence-electron chi connectivity index (χ1n) is 5.85. The predicted molar refractivity (Wildman–Crippen MR) is 62.8 cm³/mol. The molecule has 0 aromatic carbocycles. The Morgan fingerprint density at radius 3 is 3.00 bits per heavy atom. The molecule has 1 aliphatic heterocycles. The maximum Gasteiger partial charge on any atom is 0.0967 e. The van der Waals surface area contributed by atoms with Gasteiger partial charge < -0.3 is 10.1 Å². The van der Waals surface area contributed by atoms with Crippen LogP contribution < -0.4 is 5.32 Å². The lowest BCUT2D eigenvalue weighted by molar-refractivity contribution is -0.0356. The van der Waals surface area contributed by atoms with E-state index in [-0.39, 0.29) is 12.1 Å². The van der Waals surface area contributed by atoms with E-state index in [1.165, 1.54) is 0 Å². The normalized spacial score (nSPS) is 24.7. The predicted octanol–water partition coefficient (Wildman–Crippen LogP) is 0.708. The van der Waals surface area contributed by atoms with Gasteiger partial charge in [0.2, 0.25) is 0 Å². The third-order valence-electron chi connectivity index (χ3n) is 2.79. The molecule has 2 unspecified atom stereocenters. The van der Waals surface area contributed by atoms with Gasteiger partial charge in [-0.1, -0.05) is 19.8 Å². The van der Waals surface area contributed by atoms with E-state index in [1.807, 2.05) is 0 Å². The summed E-state index contributed by atoms with van der Waals surface area (Å²) in [6.07, 6.45) is 6.77. The minimum atomic E-state index is 0.0549. The summed E-state index contributed by atoms with van der Waals surface area (Å²) < 4.78 is 5.71. The molecule has 15 heavy (non-hydrogen) atoms. The molecule has 1 fully saturated rings. The van der Waals surface area contributed by atoms with Gasteiger partial charge in [0, 0.05) is 13.1 Å². The number of rotatable bonds is 5. The lowest BCUT2D eigenvalue weighted by atomic mass is 10.1. The molecule has 1 rings (SSSR count). The van der Waals surface area contributed by atoms with Gasteiger partial charge in [0.15, 0.2) is 0 Å². The van der Waals surface area contributed by atoms with Crippen LogP contribution in [0.5, 0.6) is 0 Å². The van der Waals surface area contributed by atoms with Crippen molar-refractivity contribution in [3.63, 3.8) is 0 Å². The molecule has 2 atom stereocenters. The Balaban J connectivity index is 2.41. The third-order valence-corrected chi connectivity index (χ3v) is 2.79. The molecular formula is C12H22N2O. The lowest BCUT2D eigenvalue weighted by Crippen LogP contribution is -2.51. The highest BCUT2D eigenvalue weighted by atomic mass is 16.5. The maximum atomic E-state index is 5.71. The van der Waals surface area contributed by atoms with Crippen LogP contribution in [0.2, 0.25) is 0 Å². The number of ether oxygens (including phenoxy) is 1. The van der Waals surface area contributed by atoms with Gasteiger partial charge in [0.05, 0.1) is 18.8 Å². The van der Waals surface area contributed by atoms with Crippen LogP contribution in [0.25, 0.3) is 0 Å². The highest BCUT2D eigenvalue weighted by Gasteiger charge is 2.25.